The van der Waals surface area contributed by atoms with Crippen molar-refractivity contribution in [2.75, 3.05) is 20.8 Å². The van der Waals surface area contributed by atoms with Gasteiger partial charge in [-0.15, -0.1) is 0 Å². The maximum Gasteiger partial charge on any atom is 0.254 e. The van der Waals surface area contributed by atoms with Crippen molar-refractivity contribution in [2.24, 2.45) is 0 Å². The Morgan fingerprint density at radius 1 is 1.04 bits per heavy atom. The van der Waals surface area contributed by atoms with Crippen molar-refractivity contribution in [1.29, 1.82) is 0 Å². The molecule has 0 bridgehead atoms. The molecule has 0 saturated carbocycles. The number of rotatable bonds is 4. The second-order valence-electron chi connectivity index (χ2n) is 6.14. The van der Waals surface area contributed by atoms with E-state index >= 15 is 0 Å². The average Bonchev–Trinajstić information content (AvgIpc) is 3.10. The molecule has 0 aliphatic carbocycles. The summed E-state index contributed by atoms with van der Waals surface area (Å²) in [6, 6.07) is 13.9. The molecule has 2 aromatic rings. The van der Waals surface area contributed by atoms with Crippen molar-refractivity contribution < 1.29 is 14.3 Å². The fourth-order valence-electron chi connectivity index (χ4n) is 3.28. The minimum absolute atomic E-state index is 0.0408. The molecule has 1 atom stereocenters. The Labute approximate surface area is 143 Å². The summed E-state index contributed by atoms with van der Waals surface area (Å²) in [5.74, 6) is 1.25. The number of hydrogen-bond donors (Lipinski definition) is 0. The average molecular weight is 325 g/mol. The van der Waals surface area contributed by atoms with E-state index in [1.54, 1.807) is 32.4 Å². The summed E-state index contributed by atoms with van der Waals surface area (Å²) >= 11 is 0. The molecule has 0 N–H and O–H groups in total. The number of aryl methyl sites for hydroxylation is 1. The van der Waals surface area contributed by atoms with E-state index < -0.39 is 0 Å². The van der Waals surface area contributed by atoms with E-state index in [9.17, 15) is 4.79 Å². The normalized spacial score (nSPS) is 17.0. The largest absolute Gasteiger partial charge is 0.493 e. The van der Waals surface area contributed by atoms with Crippen LogP contribution in [0.4, 0.5) is 0 Å². The standard InChI is InChI=1S/C20H23NO3/c1-14-6-8-15(9-7-14)17-5-4-12-21(17)20(22)16-10-11-18(23-2)19(13-16)24-3/h6-11,13,17H,4-5,12H2,1-3H3/t17-/m1/s1. The third-order valence-electron chi connectivity index (χ3n) is 4.61. The molecule has 126 valence electrons. The summed E-state index contributed by atoms with van der Waals surface area (Å²) in [5, 5.41) is 0. The van der Waals surface area contributed by atoms with Gasteiger partial charge < -0.3 is 14.4 Å². The van der Waals surface area contributed by atoms with Crippen molar-refractivity contribution >= 4 is 5.91 Å². The van der Waals surface area contributed by atoms with Gasteiger partial charge in [0, 0.05) is 12.1 Å². The lowest BCUT2D eigenvalue weighted by molar-refractivity contribution is 0.0735. The van der Waals surface area contributed by atoms with Crippen molar-refractivity contribution in [3.8, 4) is 11.5 Å². The molecule has 24 heavy (non-hydrogen) atoms. The minimum atomic E-state index is 0.0408. The van der Waals surface area contributed by atoms with Crippen LogP contribution in [0.3, 0.4) is 0 Å². The molecule has 0 spiro atoms. The van der Waals surface area contributed by atoms with Crippen LogP contribution < -0.4 is 9.47 Å². The number of ether oxygens (including phenoxy) is 2. The summed E-state index contributed by atoms with van der Waals surface area (Å²) in [4.78, 5) is 15.0. The highest BCUT2D eigenvalue weighted by Crippen LogP contribution is 2.35. The molecule has 1 saturated heterocycles. The first-order valence-corrected chi connectivity index (χ1v) is 8.23. The third-order valence-corrected chi connectivity index (χ3v) is 4.61. The Hall–Kier alpha value is -2.49. The van der Waals surface area contributed by atoms with Crippen LogP contribution in [0.5, 0.6) is 11.5 Å². The SMILES string of the molecule is COc1ccc(C(=O)N2CCC[C@@H]2c2ccc(C)cc2)cc1OC. The van der Waals surface area contributed by atoms with Crippen LogP contribution in [0, 0.1) is 6.92 Å². The number of likely N-dealkylation sites (tertiary alicyclic amines) is 1. The van der Waals surface area contributed by atoms with Gasteiger partial charge in [0.05, 0.1) is 20.3 Å². The molecule has 4 nitrogen and oxygen atoms in total. The summed E-state index contributed by atoms with van der Waals surface area (Å²) in [7, 11) is 3.17. The maximum absolute atomic E-state index is 13.0. The maximum atomic E-state index is 13.0. The fourth-order valence-corrected chi connectivity index (χ4v) is 3.28. The molecule has 1 aliphatic rings. The number of carbonyl (C=O) groups is 1. The molecular weight excluding hydrogens is 302 g/mol. The molecule has 0 aromatic heterocycles. The van der Waals surface area contributed by atoms with Gasteiger partial charge in [0.15, 0.2) is 11.5 Å². The Bertz CT molecular complexity index is 724. The van der Waals surface area contributed by atoms with E-state index in [2.05, 4.69) is 31.2 Å². The molecule has 1 amide bonds. The molecule has 1 heterocycles. The van der Waals surface area contributed by atoms with Crippen LogP contribution in [0.15, 0.2) is 42.5 Å². The van der Waals surface area contributed by atoms with Gasteiger partial charge in [0.25, 0.3) is 5.91 Å². The number of benzene rings is 2. The summed E-state index contributed by atoms with van der Waals surface area (Å²) < 4.78 is 10.6. The van der Waals surface area contributed by atoms with Gasteiger partial charge in [-0.1, -0.05) is 29.8 Å². The van der Waals surface area contributed by atoms with Gasteiger partial charge in [-0.05, 0) is 43.5 Å². The van der Waals surface area contributed by atoms with Crippen LogP contribution >= 0.6 is 0 Å². The van der Waals surface area contributed by atoms with Crippen molar-refractivity contribution in [3.63, 3.8) is 0 Å². The Morgan fingerprint density at radius 3 is 2.42 bits per heavy atom. The molecule has 1 aliphatic heterocycles. The third kappa shape index (κ3) is 3.09. The van der Waals surface area contributed by atoms with Crippen LogP contribution in [0.1, 0.15) is 40.4 Å². The fraction of sp³-hybridized carbons (Fsp3) is 0.350. The van der Waals surface area contributed by atoms with E-state index in [1.807, 2.05) is 4.90 Å². The second-order valence-corrected chi connectivity index (χ2v) is 6.14. The van der Waals surface area contributed by atoms with E-state index in [0.29, 0.717) is 17.1 Å². The monoisotopic (exact) mass is 325 g/mol. The van der Waals surface area contributed by atoms with Crippen molar-refractivity contribution in [1.82, 2.24) is 4.90 Å². The van der Waals surface area contributed by atoms with E-state index in [1.165, 1.54) is 11.1 Å². The topological polar surface area (TPSA) is 38.8 Å². The lowest BCUT2D eigenvalue weighted by Gasteiger charge is -2.25. The molecule has 4 heteroatoms. The Kier molecular flexibility index (Phi) is 4.74. The van der Waals surface area contributed by atoms with Gasteiger partial charge >= 0.3 is 0 Å². The Balaban J connectivity index is 1.87. The first-order valence-electron chi connectivity index (χ1n) is 8.23. The van der Waals surface area contributed by atoms with Crippen molar-refractivity contribution in [2.45, 2.75) is 25.8 Å². The number of amides is 1. The van der Waals surface area contributed by atoms with E-state index in [4.69, 9.17) is 9.47 Å². The Morgan fingerprint density at radius 2 is 1.75 bits per heavy atom. The van der Waals surface area contributed by atoms with Gasteiger partial charge in [-0.25, -0.2) is 0 Å². The molecule has 2 aromatic carbocycles. The number of methoxy groups -OCH3 is 2. The van der Waals surface area contributed by atoms with Crippen LogP contribution in [0.25, 0.3) is 0 Å². The lowest BCUT2D eigenvalue weighted by atomic mass is 10.0. The lowest BCUT2D eigenvalue weighted by Crippen LogP contribution is -2.30. The van der Waals surface area contributed by atoms with E-state index in [-0.39, 0.29) is 11.9 Å². The van der Waals surface area contributed by atoms with Crippen LogP contribution in [-0.2, 0) is 0 Å². The highest BCUT2D eigenvalue weighted by Gasteiger charge is 2.30. The minimum Gasteiger partial charge on any atom is -0.493 e. The first kappa shape index (κ1) is 16.4. The smallest absolute Gasteiger partial charge is 0.254 e. The van der Waals surface area contributed by atoms with Gasteiger partial charge in [-0.3, -0.25) is 4.79 Å². The van der Waals surface area contributed by atoms with Gasteiger partial charge in [0.1, 0.15) is 0 Å². The zero-order valence-corrected chi connectivity index (χ0v) is 14.4. The zero-order chi connectivity index (χ0) is 17.1. The van der Waals surface area contributed by atoms with Gasteiger partial charge in [-0.2, -0.15) is 0 Å². The predicted molar refractivity (Wildman–Crippen MR) is 93.7 cm³/mol. The van der Waals surface area contributed by atoms with Crippen molar-refractivity contribution in [3.05, 3.63) is 59.2 Å². The molecule has 0 unspecified atom stereocenters. The van der Waals surface area contributed by atoms with Crippen LogP contribution in [-0.4, -0.2) is 31.6 Å². The summed E-state index contributed by atoms with van der Waals surface area (Å²) in [6.45, 7) is 2.86. The van der Waals surface area contributed by atoms with Gasteiger partial charge in [0.2, 0.25) is 0 Å². The summed E-state index contributed by atoms with van der Waals surface area (Å²) in [6.07, 6.45) is 2.03. The quantitative estimate of drug-likeness (QED) is 0.853. The number of carbonyl (C=O) groups excluding carboxylic acids is 1. The highest BCUT2D eigenvalue weighted by molar-refractivity contribution is 5.95. The predicted octanol–water partition coefficient (Wildman–Crippen LogP) is 3.99. The zero-order valence-electron chi connectivity index (χ0n) is 14.4. The second kappa shape index (κ2) is 6.95. The van der Waals surface area contributed by atoms with E-state index in [0.717, 1.165) is 19.4 Å². The molecular formula is C20H23NO3. The van der Waals surface area contributed by atoms with Crippen LogP contribution in [0.2, 0.25) is 0 Å². The molecule has 3 rings (SSSR count). The summed E-state index contributed by atoms with van der Waals surface area (Å²) in [5.41, 5.74) is 3.06. The number of hydrogen-bond acceptors (Lipinski definition) is 3. The molecule has 0 radical (unpaired) electrons. The molecule has 1 fully saturated rings. The number of nitrogens with zero attached hydrogens (tertiary/aromatic N) is 1. The first-order chi connectivity index (χ1) is 11.6. The highest BCUT2D eigenvalue weighted by atomic mass is 16.5.